The van der Waals surface area contributed by atoms with E-state index in [-0.39, 0.29) is 0 Å². The maximum absolute atomic E-state index is 11.5. The van der Waals surface area contributed by atoms with Crippen LogP contribution in [0.15, 0.2) is 0 Å². The first-order valence-electron chi connectivity index (χ1n) is 4.53. The molecule has 0 saturated heterocycles. The van der Waals surface area contributed by atoms with Crippen molar-refractivity contribution in [2.24, 2.45) is 11.5 Å². The normalized spacial score (nSPS) is 15.0. The highest BCUT2D eigenvalue weighted by Crippen LogP contribution is 2.16. The molecular weight excluding hydrogens is 216 g/mol. The summed E-state index contributed by atoms with van der Waals surface area (Å²) in [5.74, 6) is -3.83. The molecule has 0 spiro atoms. The van der Waals surface area contributed by atoms with Crippen LogP contribution in [0.3, 0.4) is 0 Å². The fourth-order valence-corrected chi connectivity index (χ4v) is 0.879. The van der Waals surface area contributed by atoms with Crippen LogP contribution in [0.5, 0.6) is 0 Å². The van der Waals surface area contributed by atoms with Crippen molar-refractivity contribution in [3.63, 3.8) is 0 Å². The lowest BCUT2D eigenvalue weighted by molar-refractivity contribution is -0.170. The van der Waals surface area contributed by atoms with Gasteiger partial charge in [-0.2, -0.15) is 0 Å². The number of nitrogens with two attached hydrogens (primary N) is 2. The molecule has 0 saturated carbocycles. The molecule has 0 aliphatic rings. The molecule has 5 N–H and O–H groups in total. The van der Waals surface area contributed by atoms with Crippen LogP contribution in [0, 0.1) is 0 Å². The van der Waals surface area contributed by atoms with E-state index in [1.165, 1.54) is 0 Å². The Balaban J connectivity index is 4.99. The van der Waals surface area contributed by atoms with E-state index in [1.54, 1.807) is 20.8 Å². The average molecular weight is 232 g/mol. The Bertz CT molecular complexity index is 320. The van der Waals surface area contributed by atoms with Gasteiger partial charge in [0.1, 0.15) is 5.60 Å². The van der Waals surface area contributed by atoms with Gasteiger partial charge in [-0.05, 0) is 20.8 Å². The van der Waals surface area contributed by atoms with Gasteiger partial charge < -0.3 is 21.3 Å². The number of carboxylic acid groups (broad SMARTS) is 1. The van der Waals surface area contributed by atoms with Crippen molar-refractivity contribution in [1.82, 2.24) is 0 Å². The van der Waals surface area contributed by atoms with Crippen LogP contribution in [-0.2, 0) is 19.1 Å². The van der Waals surface area contributed by atoms with Crippen molar-refractivity contribution >= 4 is 17.8 Å². The lowest BCUT2D eigenvalue weighted by Gasteiger charge is -2.27. The van der Waals surface area contributed by atoms with E-state index in [9.17, 15) is 14.4 Å². The molecule has 0 aliphatic heterocycles. The van der Waals surface area contributed by atoms with Crippen molar-refractivity contribution < 1.29 is 24.2 Å². The van der Waals surface area contributed by atoms with Crippen molar-refractivity contribution in [3.8, 4) is 0 Å². The number of carboxylic acids is 1. The minimum absolute atomic E-state index is 0.808. The number of carbonyl (C=O) groups is 3. The molecule has 0 bridgehead atoms. The summed E-state index contributed by atoms with van der Waals surface area (Å²) in [6.45, 7) is 4.66. The van der Waals surface area contributed by atoms with Gasteiger partial charge in [0.05, 0.1) is 6.42 Å². The van der Waals surface area contributed by atoms with Gasteiger partial charge in [0.2, 0.25) is 11.4 Å². The van der Waals surface area contributed by atoms with Crippen molar-refractivity contribution in [2.45, 2.75) is 38.3 Å². The summed E-state index contributed by atoms with van der Waals surface area (Å²) in [6.07, 6.45) is -0.808. The largest absolute Gasteiger partial charge is 0.479 e. The molecule has 0 rings (SSSR count). The third-order valence-corrected chi connectivity index (χ3v) is 1.60. The van der Waals surface area contributed by atoms with Gasteiger partial charge in [-0.25, -0.2) is 9.59 Å². The number of aliphatic carboxylic acids is 1. The number of hydrogen-bond acceptors (Lipinski definition) is 5. The molecule has 7 nitrogen and oxygen atoms in total. The van der Waals surface area contributed by atoms with Gasteiger partial charge >= 0.3 is 11.9 Å². The number of primary amides is 1. The molecule has 0 aliphatic carbocycles. The molecule has 0 aromatic rings. The summed E-state index contributed by atoms with van der Waals surface area (Å²) in [5.41, 5.74) is 6.82. The van der Waals surface area contributed by atoms with Gasteiger partial charge in [0.25, 0.3) is 0 Å². The molecule has 16 heavy (non-hydrogen) atoms. The predicted molar refractivity (Wildman–Crippen MR) is 54.2 cm³/mol. The van der Waals surface area contributed by atoms with Crippen LogP contribution in [-0.4, -0.2) is 34.1 Å². The number of esters is 1. The topological polar surface area (TPSA) is 133 Å². The Morgan fingerprint density at radius 2 is 1.69 bits per heavy atom. The fourth-order valence-electron chi connectivity index (χ4n) is 0.879. The maximum Gasteiger partial charge on any atom is 0.338 e. The first kappa shape index (κ1) is 14.4. The molecule has 0 fully saturated rings. The van der Waals surface area contributed by atoms with Crippen LogP contribution in [0.1, 0.15) is 27.2 Å². The predicted octanol–water partition coefficient (Wildman–Crippen LogP) is -1.01. The molecular formula is C9H16N2O5. The number of ether oxygens (including phenoxy) is 1. The molecule has 0 unspecified atom stereocenters. The summed E-state index contributed by atoms with van der Waals surface area (Å²) < 4.78 is 4.81. The zero-order valence-corrected chi connectivity index (χ0v) is 9.44. The Hall–Kier alpha value is -1.63. The second-order valence-corrected chi connectivity index (χ2v) is 4.42. The van der Waals surface area contributed by atoms with Crippen molar-refractivity contribution in [2.75, 3.05) is 0 Å². The highest BCUT2D eigenvalue weighted by atomic mass is 16.6. The third kappa shape index (κ3) is 3.85. The molecule has 92 valence electrons. The monoisotopic (exact) mass is 232 g/mol. The summed E-state index contributed by atoms with van der Waals surface area (Å²) in [5, 5.41) is 8.82. The van der Waals surface area contributed by atoms with Crippen LogP contribution >= 0.6 is 0 Å². The van der Waals surface area contributed by atoms with E-state index in [2.05, 4.69) is 0 Å². The number of carbonyl (C=O) groups excluding carboxylic acids is 2. The molecule has 0 aromatic carbocycles. The summed E-state index contributed by atoms with van der Waals surface area (Å²) in [6, 6.07) is 0. The Kier molecular flexibility index (Phi) is 4.02. The Morgan fingerprint density at radius 3 is 1.94 bits per heavy atom. The molecule has 0 heterocycles. The van der Waals surface area contributed by atoms with Crippen LogP contribution in [0.2, 0.25) is 0 Å². The van der Waals surface area contributed by atoms with E-state index in [0.717, 1.165) is 0 Å². The first-order chi connectivity index (χ1) is 6.99. The lowest BCUT2D eigenvalue weighted by Crippen LogP contribution is -2.58. The second-order valence-electron chi connectivity index (χ2n) is 4.42. The van der Waals surface area contributed by atoms with E-state index in [1.807, 2.05) is 0 Å². The Morgan fingerprint density at radius 1 is 1.25 bits per heavy atom. The number of hydrogen-bond donors (Lipinski definition) is 3. The SMILES string of the molecule is CC(C)(C)OC(=O)[C@@](N)(CC(N)=O)C(=O)O. The summed E-state index contributed by atoms with van der Waals surface area (Å²) in [7, 11) is 0. The van der Waals surface area contributed by atoms with E-state index in [0.29, 0.717) is 0 Å². The maximum atomic E-state index is 11.5. The summed E-state index contributed by atoms with van der Waals surface area (Å²) in [4.78, 5) is 33.0. The standard InChI is InChI=1S/C9H16N2O5/c1-8(2,3)16-7(15)9(11,6(13)14)4-5(10)12/h4,11H2,1-3H3,(H2,10,12)(H,13,14)/t9-/m1/s1. The summed E-state index contributed by atoms with van der Waals surface area (Å²) >= 11 is 0. The quantitative estimate of drug-likeness (QED) is 0.420. The zero-order chi connectivity index (χ0) is 13.1. The van der Waals surface area contributed by atoms with Gasteiger partial charge in [-0.15, -0.1) is 0 Å². The number of amides is 1. The second kappa shape index (κ2) is 4.48. The molecule has 0 radical (unpaired) electrons. The fraction of sp³-hybridized carbons (Fsp3) is 0.667. The Labute approximate surface area is 92.7 Å². The van der Waals surface area contributed by atoms with Crippen LogP contribution in [0.25, 0.3) is 0 Å². The highest BCUT2D eigenvalue weighted by molar-refractivity contribution is 6.07. The average Bonchev–Trinajstić information content (AvgIpc) is 1.98. The number of rotatable bonds is 4. The minimum Gasteiger partial charge on any atom is -0.479 e. The van der Waals surface area contributed by atoms with Gasteiger partial charge in [0, 0.05) is 0 Å². The molecule has 1 amide bonds. The van der Waals surface area contributed by atoms with Gasteiger partial charge in [-0.1, -0.05) is 0 Å². The first-order valence-corrected chi connectivity index (χ1v) is 4.53. The van der Waals surface area contributed by atoms with Crippen LogP contribution in [0.4, 0.5) is 0 Å². The van der Waals surface area contributed by atoms with E-state index >= 15 is 0 Å². The lowest BCUT2D eigenvalue weighted by atomic mass is 9.96. The molecule has 7 heteroatoms. The van der Waals surface area contributed by atoms with Gasteiger partial charge in [0.15, 0.2) is 0 Å². The van der Waals surface area contributed by atoms with E-state index in [4.69, 9.17) is 21.3 Å². The minimum atomic E-state index is -2.43. The molecule has 1 atom stereocenters. The zero-order valence-electron chi connectivity index (χ0n) is 9.44. The molecule has 0 aromatic heterocycles. The van der Waals surface area contributed by atoms with Crippen molar-refractivity contribution in [1.29, 1.82) is 0 Å². The van der Waals surface area contributed by atoms with Crippen molar-refractivity contribution in [3.05, 3.63) is 0 Å². The smallest absolute Gasteiger partial charge is 0.338 e. The third-order valence-electron chi connectivity index (χ3n) is 1.60. The van der Waals surface area contributed by atoms with Crippen LogP contribution < -0.4 is 11.5 Å². The van der Waals surface area contributed by atoms with E-state index < -0.39 is 35.4 Å². The van der Waals surface area contributed by atoms with Gasteiger partial charge in [-0.3, -0.25) is 4.79 Å². The highest BCUT2D eigenvalue weighted by Gasteiger charge is 2.46.